The molecule has 1 heterocycles. The number of benzene rings is 3. The van der Waals surface area contributed by atoms with E-state index in [1.807, 2.05) is 37.3 Å². The number of carbonyl (C=O) groups excluding carboxylic acids is 3. The van der Waals surface area contributed by atoms with Crippen LogP contribution < -0.4 is 10.6 Å². The summed E-state index contributed by atoms with van der Waals surface area (Å²) in [5, 5.41) is 13.9. The van der Waals surface area contributed by atoms with E-state index in [1.54, 1.807) is 48.5 Å². The van der Waals surface area contributed by atoms with E-state index in [0.717, 1.165) is 11.3 Å². The largest absolute Gasteiger partial charge is 0.325 e. The van der Waals surface area contributed by atoms with E-state index in [0.29, 0.717) is 26.2 Å². The van der Waals surface area contributed by atoms with Gasteiger partial charge in [0, 0.05) is 22.4 Å². The second-order valence-electron chi connectivity index (χ2n) is 7.31. The summed E-state index contributed by atoms with van der Waals surface area (Å²) in [7, 11) is 0. The fourth-order valence-corrected chi connectivity index (χ4v) is 4.61. The normalized spacial score (nSPS) is 10.5. The number of hydrogen-bond acceptors (Lipinski definition) is 7. The molecule has 0 saturated heterocycles. The molecule has 0 spiro atoms. The molecule has 34 heavy (non-hydrogen) atoms. The lowest BCUT2D eigenvalue weighted by Crippen LogP contribution is -2.13. The summed E-state index contributed by atoms with van der Waals surface area (Å²) >= 11 is 2.43. The van der Waals surface area contributed by atoms with Gasteiger partial charge in [-0.3, -0.25) is 19.7 Å². The maximum Gasteiger partial charge on any atom is 0.257 e. The first-order chi connectivity index (χ1) is 16.5. The molecule has 0 aliphatic heterocycles. The summed E-state index contributed by atoms with van der Waals surface area (Å²) < 4.78 is 0.568. The average Bonchev–Trinajstić information content (AvgIpc) is 3.30. The number of amides is 2. The van der Waals surface area contributed by atoms with Crippen LogP contribution in [0.25, 0.3) is 0 Å². The summed E-state index contributed by atoms with van der Waals surface area (Å²) in [5.41, 5.74) is 3.29. The molecule has 9 heteroatoms. The lowest BCUT2D eigenvalue weighted by molar-refractivity contribution is -0.113. The number of ketones is 1. The second-order valence-corrected chi connectivity index (χ2v) is 9.51. The van der Waals surface area contributed by atoms with Gasteiger partial charge in [-0.1, -0.05) is 77.7 Å². The van der Waals surface area contributed by atoms with E-state index in [-0.39, 0.29) is 23.4 Å². The standard InChI is InChI=1S/C25H20N4O3S2/c1-16-6-5-9-20(14-16)26-21(30)15-33-25-29-28-24(34-25)27-23(32)19-12-10-18(11-13-19)22(31)17-7-3-2-4-8-17/h2-14H,15H2,1H3,(H,26,30)(H,27,28,32). The van der Waals surface area contributed by atoms with Gasteiger partial charge < -0.3 is 5.32 Å². The maximum absolute atomic E-state index is 12.5. The molecule has 0 atom stereocenters. The van der Waals surface area contributed by atoms with Crippen molar-refractivity contribution in [3.63, 3.8) is 0 Å². The molecular weight excluding hydrogens is 468 g/mol. The Bertz CT molecular complexity index is 1320. The molecule has 170 valence electrons. The number of thioether (sulfide) groups is 1. The van der Waals surface area contributed by atoms with Crippen LogP contribution in [0.2, 0.25) is 0 Å². The first-order valence-electron chi connectivity index (χ1n) is 10.3. The van der Waals surface area contributed by atoms with Crippen LogP contribution in [0.1, 0.15) is 31.8 Å². The Morgan fingerprint density at radius 3 is 2.26 bits per heavy atom. The van der Waals surface area contributed by atoms with E-state index in [9.17, 15) is 14.4 Å². The van der Waals surface area contributed by atoms with Crippen LogP contribution in [0, 0.1) is 6.92 Å². The number of nitrogens with one attached hydrogen (secondary N) is 2. The van der Waals surface area contributed by atoms with Crippen molar-refractivity contribution in [1.82, 2.24) is 10.2 Å². The quantitative estimate of drug-likeness (QED) is 0.204. The number of carbonyl (C=O) groups is 3. The molecular formula is C25H20N4O3S2. The van der Waals surface area contributed by atoms with E-state index in [2.05, 4.69) is 20.8 Å². The van der Waals surface area contributed by atoms with E-state index in [1.165, 1.54) is 23.1 Å². The van der Waals surface area contributed by atoms with Crippen molar-refractivity contribution in [3.8, 4) is 0 Å². The first kappa shape index (κ1) is 23.3. The summed E-state index contributed by atoms with van der Waals surface area (Å²) in [6.07, 6.45) is 0. The summed E-state index contributed by atoms with van der Waals surface area (Å²) in [6, 6.07) is 23.0. The number of hydrogen-bond donors (Lipinski definition) is 2. The Hall–Kier alpha value is -3.82. The maximum atomic E-state index is 12.5. The van der Waals surface area contributed by atoms with Crippen LogP contribution in [0.5, 0.6) is 0 Å². The smallest absolute Gasteiger partial charge is 0.257 e. The van der Waals surface area contributed by atoms with Gasteiger partial charge in [-0.05, 0) is 36.8 Å². The fraction of sp³-hybridized carbons (Fsp3) is 0.0800. The third-order valence-electron chi connectivity index (χ3n) is 4.70. The molecule has 0 aliphatic carbocycles. The van der Waals surface area contributed by atoms with Crippen molar-refractivity contribution in [2.75, 3.05) is 16.4 Å². The fourth-order valence-electron chi connectivity index (χ4n) is 3.06. The molecule has 0 bridgehead atoms. The number of nitrogens with zero attached hydrogens (tertiary/aromatic N) is 2. The van der Waals surface area contributed by atoms with Crippen LogP contribution >= 0.6 is 23.1 Å². The molecule has 0 unspecified atom stereocenters. The Morgan fingerprint density at radius 2 is 1.53 bits per heavy atom. The van der Waals surface area contributed by atoms with Crippen molar-refractivity contribution < 1.29 is 14.4 Å². The SMILES string of the molecule is Cc1cccc(NC(=O)CSc2nnc(NC(=O)c3ccc(C(=O)c4ccccc4)cc3)s2)c1. The van der Waals surface area contributed by atoms with Crippen LogP contribution in [-0.2, 0) is 4.79 Å². The van der Waals surface area contributed by atoms with Crippen molar-refractivity contribution in [1.29, 1.82) is 0 Å². The molecule has 0 radical (unpaired) electrons. The predicted octanol–water partition coefficient (Wildman–Crippen LogP) is 5.06. The Balaban J connectivity index is 1.30. The van der Waals surface area contributed by atoms with Gasteiger partial charge in [0.25, 0.3) is 5.91 Å². The van der Waals surface area contributed by atoms with Crippen LogP contribution in [0.15, 0.2) is 83.2 Å². The van der Waals surface area contributed by atoms with E-state index < -0.39 is 0 Å². The monoisotopic (exact) mass is 488 g/mol. The number of rotatable bonds is 8. The third-order valence-corrected chi connectivity index (χ3v) is 6.67. The highest BCUT2D eigenvalue weighted by Crippen LogP contribution is 2.26. The molecule has 2 amide bonds. The third kappa shape index (κ3) is 6.15. The zero-order valence-electron chi connectivity index (χ0n) is 18.1. The molecule has 7 nitrogen and oxygen atoms in total. The first-order valence-corrected chi connectivity index (χ1v) is 12.1. The Morgan fingerprint density at radius 1 is 0.824 bits per heavy atom. The number of aromatic nitrogens is 2. The summed E-state index contributed by atoms with van der Waals surface area (Å²) in [5.74, 6) is -0.442. The van der Waals surface area contributed by atoms with Gasteiger partial charge in [-0.2, -0.15) is 0 Å². The van der Waals surface area contributed by atoms with Crippen LogP contribution in [-0.4, -0.2) is 33.5 Å². The zero-order valence-corrected chi connectivity index (χ0v) is 19.8. The topological polar surface area (TPSA) is 101 Å². The molecule has 3 aromatic carbocycles. The number of anilines is 2. The van der Waals surface area contributed by atoms with Crippen molar-refractivity contribution >= 4 is 51.5 Å². The molecule has 2 N–H and O–H groups in total. The molecule has 4 rings (SSSR count). The highest BCUT2D eigenvalue weighted by Gasteiger charge is 2.14. The van der Waals surface area contributed by atoms with Gasteiger partial charge >= 0.3 is 0 Å². The molecule has 4 aromatic rings. The van der Waals surface area contributed by atoms with Gasteiger partial charge in [0.05, 0.1) is 5.75 Å². The minimum absolute atomic E-state index is 0.107. The lowest BCUT2D eigenvalue weighted by atomic mass is 10.0. The van der Waals surface area contributed by atoms with Gasteiger partial charge in [0.15, 0.2) is 10.1 Å². The van der Waals surface area contributed by atoms with E-state index >= 15 is 0 Å². The second kappa shape index (κ2) is 10.9. The molecule has 1 aromatic heterocycles. The summed E-state index contributed by atoms with van der Waals surface area (Å²) in [4.78, 5) is 37.2. The minimum Gasteiger partial charge on any atom is -0.325 e. The zero-order chi connectivity index (χ0) is 23.9. The van der Waals surface area contributed by atoms with Crippen molar-refractivity contribution in [3.05, 3.63) is 101 Å². The van der Waals surface area contributed by atoms with Gasteiger partial charge in [-0.15, -0.1) is 10.2 Å². The highest BCUT2D eigenvalue weighted by molar-refractivity contribution is 8.01. The highest BCUT2D eigenvalue weighted by atomic mass is 32.2. The number of aryl methyl sites for hydroxylation is 1. The van der Waals surface area contributed by atoms with E-state index in [4.69, 9.17) is 0 Å². The van der Waals surface area contributed by atoms with Gasteiger partial charge in [0.2, 0.25) is 11.0 Å². The van der Waals surface area contributed by atoms with Gasteiger partial charge in [-0.25, -0.2) is 0 Å². The lowest BCUT2D eigenvalue weighted by Gasteiger charge is -2.04. The van der Waals surface area contributed by atoms with Crippen LogP contribution in [0.4, 0.5) is 10.8 Å². The minimum atomic E-state index is -0.358. The molecule has 0 saturated carbocycles. The van der Waals surface area contributed by atoms with Crippen molar-refractivity contribution in [2.45, 2.75) is 11.3 Å². The molecule has 0 aliphatic rings. The Kier molecular flexibility index (Phi) is 7.46. The molecule has 0 fully saturated rings. The Labute approximate surface area is 204 Å². The van der Waals surface area contributed by atoms with Crippen LogP contribution in [0.3, 0.4) is 0 Å². The predicted molar refractivity (Wildman–Crippen MR) is 135 cm³/mol. The van der Waals surface area contributed by atoms with Crippen molar-refractivity contribution in [2.24, 2.45) is 0 Å². The van der Waals surface area contributed by atoms with Gasteiger partial charge in [0.1, 0.15) is 0 Å². The summed E-state index contributed by atoms with van der Waals surface area (Å²) in [6.45, 7) is 1.96. The average molecular weight is 489 g/mol.